The zero-order valence-electron chi connectivity index (χ0n) is 21.2. The van der Waals surface area contributed by atoms with E-state index in [2.05, 4.69) is 69.4 Å². The van der Waals surface area contributed by atoms with Crippen LogP contribution in [-0.4, -0.2) is 17.6 Å². The number of carbonyl (C=O) groups excluding carboxylic acids is 1. The topological polar surface area (TPSA) is 69.9 Å². The molecule has 0 saturated heterocycles. The van der Waals surface area contributed by atoms with Gasteiger partial charge in [0.15, 0.2) is 4.80 Å². The molecule has 2 heterocycles. The molecule has 1 atom stereocenters. The summed E-state index contributed by atoms with van der Waals surface area (Å²) in [5.41, 5.74) is 3.64. The van der Waals surface area contributed by atoms with E-state index in [1.54, 1.807) is 4.57 Å². The third-order valence-electron chi connectivity index (χ3n) is 6.33. The van der Waals surface area contributed by atoms with Gasteiger partial charge in [0.1, 0.15) is 12.4 Å². The first kappa shape index (κ1) is 27.8. The van der Waals surface area contributed by atoms with Gasteiger partial charge in [0, 0.05) is 3.57 Å². The van der Waals surface area contributed by atoms with Gasteiger partial charge < -0.3 is 9.47 Å². The fraction of sp³-hybridized carbons (Fsp3) is 0.167. The molecule has 1 aromatic heterocycles. The first-order valence-corrected chi connectivity index (χ1v) is 15.2. The largest absolute Gasteiger partial charge is 0.488 e. The number of allylic oxidation sites excluding steroid dienone is 1. The molecule has 0 spiro atoms. The number of fused-ring (bicyclic) bond motifs is 1. The molecule has 0 bridgehead atoms. The van der Waals surface area contributed by atoms with Crippen LogP contribution < -0.4 is 19.6 Å². The highest BCUT2D eigenvalue weighted by molar-refractivity contribution is 14.1. The minimum Gasteiger partial charge on any atom is -0.488 e. The summed E-state index contributed by atoms with van der Waals surface area (Å²) in [7, 11) is 1.35. The Kier molecular flexibility index (Phi) is 8.67. The highest BCUT2D eigenvalue weighted by Crippen LogP contribution is 2.31. The average molecular weight is 762 g/mol. The van der Waals surface area contributed by atoms with Crippen LogP contribution >= 0.6 is 56.5 Å². The van der Waals surface area contributed by atoms with Gasteiger partial charge in [-0.3, -0.25) is 9.36 Å². The van der Waals surface area contributed by atoms with E-state index in [0.717, 1.165) is 26.0 Å². The summed E-state index contributed by atoms with van der Waals surface area (Å²) in [6.07, 6.45) is 2.41. The summed E-state index contributed by atoms with van der Waals surface area (Å²) in [6, 6.07) is 23.0. The van der Waals surface area contributed by atoms with Gasteiger partial charge in [0.05, 0.1) is 32.5 Å². The number of ether oxygens (including phenoxy) is 2. The first-order valence-electron chi connectivity index (χ1n) is 12.2. The van der Waals surface area contributed by atoms with Gasteiger partial charge in [0.25, 0.3) is 5.56 Å². The standard InChI is InChI=1S/C30H24I2N2O4S/c1-3-23-26(29(36)37-2)27(20-7-5-4-6-8-20)34-28(35)25(39-30(34)33-23)16-19-11-14-24(22(32)15-19)38-17-18-9-12-21(31)13-10-18/h4-16,27H,3,17H2,1-2H3/b25-16-/t27-/m1/s1. The van der Waals surface area contributed by atoms with Crippen LogP contribution in [0.5, 0.6) is 5.75 Å². The molecule has 0 amide bonds. The Morgan fingerprint density at radius 2 is 1.82 bits per heavy atom. The van der Waals surface area contributed by atoms with Crippen LogP contribution in [0.15, 0.2) is 93.9 Å². The number of aromatic nitrogens is 1. The van der Waals surface area contributed by atoms with E-state index in [1.165, 1.54) is 22.0 Å². The molecular formula is C30H24I2N2O4S. The molecule has 0 radical (unpaired) electrons. The smallest absolute Gasteiger partial charge is 0.338 e. The van der Waals surface area contributed by atoms with Crippen molar-refractivity contribution in [2.24, 2.45) is 4.99 Å². The van der Waals surface area contributed by atoms with Crippen LogP contribution in [0, 0.1) is 7.14 Å². The molecule has 39 heavy (non-hydrogen) atoms. The molecule has 6 nitrogen and oxygen atoms in total. The summed E-state index contributed by atoms with van der Waals surface area (Å²) in [6.45, 7) is 2.43. The van der Waals surface area contributed by atoms with Crippen LogP contribution in [0.25, 0.3) is 6.08 Å². The molecule has 1 aliphatic heterocycles. The molecule has 5 rings (SSSR count). The lowest BCUT2D eigenvalue weighted by Crippen LogP contribution is -2.40. The van der Waals surface area contributed by atoms with E-state index in [1.807, 2.05) is 61.5 Å². The lowest BCUT2D eigenvalue weighted by atomic mass is 9.95. The van der Waals surface area contributed by atoms with Gasteiger partial charge in [-0.05, 0) is 98.6 Å². The second-order valence-corrected chi connectivity index (χ2v) is 12.2. The maximum Gasteiger partial charge on any atom is 0.338 e. The van der Waals surface area contributed by atoms with Crippen LogP contribution in [0.1, 0.15) is 36.1 Å². The van der Waals surface area contributed by atoms with E-state index in [9.17, 15) is 9.59 Å². The second-order valence-electron chi connectivity index (χ2n) is 8.80. The van der Waals surface area contributed by atoms with Crippen molar-refractivity contribution in [3.8, 4) is 5.75 Å². The van der Waals surface area contributed by atoms with Gasteiger partial charge in [-0.25, -0.2) is 9.79 Å². The van der Waals surface area contributed by atoms with E-state index in [4.69, 9.17) is 14.5 Å². The average Bonchev–Trinajstić information content (AvgIpc) is 3.26. The first-order chi connectivity index (χ1) is 18.9. The second kappa shape index (κ2) is 12.2. The maximum atomic E-state index is 13.8. The Balaban J connectivity index is 1.53. The molecule has 0 aliphatic carbocycles. The quantitative estimate of drug-likeness (QED) is 0.182. The van der Waals surface area contributed by atoms with Crippen LogP contribution in [0.4, 0.5) is 0 Å². The van der Waals surface area contributed by atoms with E-state index in [0.29, 0.717) is 33.6 Å². The molecule has 9 heteroatoms. The number of esters is 1. The van der Waals surface area contributed by atoms with Gasteiger partial charge in [0.2, 0.25) is 0 Å². The van der Waals surface area contributed by atoms with Crippen molar-refractivity contribution >= 4 is 68.6 Å². The van der Waals surface area contributed by atoms with Crippen molar-refractivity contribution in [2.45, 2.75) is 26.0 Å². The minimum atomic E-state index is -0.607. The van der Waals surface area contributed by atoms with Crippen LogP contribution in [0.2, 0.25) is 0 Å². The maximum absolute atomic E-state index is 13.8. The minimum absolute atomic E-state index is 0.196. The fourth-order valence-corrected chi connectivity index (χ4v) is 6.51. The Bertz CT molecular complexity index is 1740. The number of carbonyl (C=O) groups is 1. The van der Waals surface area contributed by atoms with Gasteiger partial charge in [-0.2, -0.15) is 0 Å². The number of benzene rings is 3. The zero-order valence-corrected chi connectivity index (χ0v) is 26.3. The Labute approximate surface area is 257 Å². The van der Waals surface area contributed by atoms with Crippen molar-refractivity contribution in [3.63, 3.8) is 0 Å². The van der Waals surface area contributed by atoms with Crippen molar-refractivity contribution < 1.29 is 14.3 Å². The molecule has 1 aliphatic rings. The lowest BCUT2D eigenvalue weighted by Gasteiger charge is -2.25. The number of hydrogen-bond donors (Lipinski definition) is 0. The van der Waals surface area contributed by atoms with Gasteiger partial charge in [-0.1, -0.05) is 66.8 Å². The molecule has 0 N–H and O–H groups in total. The summed E-state index contributed by atoms with van der Waals surface area (Å²) in [4.78, 5) is 32.0. The molecule has 0 fully saturated rings. The van der Waals surface area contributed by atoms with Crippen molar-refractivity contribution in [2.75, 3.05) is 7.11 Å². The number of hydrogen-bond acceptors (Lipinski definition) is 6. The molecular weight excluding hydrogens is 738 g/mol. The summed E-state index contributed by atoms with van der Waals surface area (Å²) in [5, 5.41) is 0. The summed E-state index contributed by atoms with van der Waals surface area (Å²) < 4.78 is 15.4. The number of rotatable bonds is 7. The Morgan fingerprint density at radius 1 is 1.08 bits per heavy atom. The highest BCUT2D eigenvalue weighted by Gasteiger charge is 2.33. The molecule has 3 aromatic carbocycles. The molecule has 4 aromatic rings. The highest BCUT2D eigenvalue weighted by atomic mass is 127. The predicted molar refractivity (Wildman–Crippen MR) is 169 cm³/mol. The fourth-order valence-electron chi connectivity index (χ4n) is 4.43. The normalized spacial score (nSPS) is 15.1. The predicted octanol–water partition coefficient (Wildman–Crippen LogP) is 5.59. The number of halogens is 2. The summed E-state index contributed by atoms with van der Waals surface area (Å²) >= 11 is 5.86. The number of thiazole rings is 1. The van der Waals surface area contributed by atoms with Crippen LogP contribution in [0.3, 0.4) is 0 Å². The third-order valence-corrected chi connectivity index (χ3v) is 8.87. The zero-order chi connectivity index (χ0) is 27.5. The van der Waals surface area contributed by atoms with E-state index in [-0.39, 0.29) is 5.56 Å². The van der Waals surface area contributed by atoms with Gasteiger partial charge >= 0.3 is 5.97 Å². The van der Waals surface area contributed by atoms with Crippen molar-refractivity contribution in [1.82, 2.24) is 4.57 Å². The Morgan fingerprint density at radius 3 is 2.49 bits per heavy atom. The molecule has 0 unspecified atom stereocenters. The molecule has 0 saturated carbocycles. The van der Waals surface area contributed by atoms with Crippen LogP contribution in [-0.2, 0) is 16.1 Å². The number of nitrogens with zero attached hydrogens (tertiary/aromatic N) is 2. The van der Waals surface area contributed by atoms with E-state index < -0.39 is 12.0 Å². The van der Waals surface area contributed by atoms with Crippen molar-refractivity contribution in [1.29, 1.82) is 0 Å². The number of methoxy groups -OCH3 is 1. The molecule has 198 valence electrons. The third kappa shape index (κ3) is 5.90. The summed E-state index contributed by atoms with van der Waals surface area (Å²) in [5.74, 6) is 0.307. The Hall–Kier alpha value is -2.77. The van der Waals surface area contributed by atoms with E-state index >= 15 is 0 Å². The SMILES string of the molecule is CCC1=C(C(=O)OC)[C@@H](c2ccccc2)n2c(s/c(=C\c3ccc(OCc4ccc(I)cc4)c(I)c3)c2=O)=N1. The lowest BCUT2D eigenvalue weighted by molar-refractivity contribution is -0.136. The van der Waals surface area contributed by atoms with Gasteiger partial charge in [-0.15, -0.1) is 0 Å². The monoisotopic (exact) mass is 762 g/mol. The van der Waals surface area contributed by atoms with Crippen molar-refractivity contribution in [3.05, 3.63) is 128 Å².